The molecule has 0 unspecified atom stereocenters. The smallest absolute Gasteiger partial charge is 0.407 e. The van der Waals surface area contributed by atoms with Gasteiger partial charge in [0.05, 0.1) is 0 Å². The van der Waals surface area contributed by atoms with Crippen LogP contribution in [0.5, 0.6) is 0 Å². The molecule has 0 saturated carbocycles. The number of rotatable bonds is 6. The molecule has 0 saturated heterocycles. The van der Waals surface area contributed by atoms with E-state index in [0.717, 1.165) is 30.0 Å². The molecule has 2 N–H and O–H groups in total. The SMILES string of the molecule is CC(C)(C)OC(=O)NCCCc1ccccc1C=CC(=O)O. The molecule has 120 valence electrons. The molecule has 1 rings (SSSR count). The summed E-state index contributed by atoms with van der Waals surface area (Å²) >= 11 is 0. The van der Waals surface area contributed by atoms with Gasteiger partial charge in [0.15, 0.2) is 0 Å². The lowest BCUT2D eigenvalue weighted by atomic mass is 10.0. The Bertz CT molecular complexity index is 544. The van der Waals surface area contributed by atoms with Gasteiger partial charge in [-0.2, -0.15) is 0 Å². The van der Waals surface area contributed by atoms with Crippen LogP contribution in [0.4, 0.5) is 4.79 Å². The Hall–Kier alpha value is -2.30. The number of carboxylic acids is 1. The third-order valence-electron chi connectivity index (χ3n) is 2.75. The van der Waals surface area contributed by atoms with Crippen LogP contribution >= 0.6 is 0 Å². The number of ether oxygens (including phenoxy) is 1. The quantitative estimate of drug-likeness (QED) is 0.625. The number of hydrogen-bond donors (Lipinski definition) is 2. The van der Waals surface area contributed by atoms with Gasteiger partial charge >= 0.3 is 12.1 Å². The van der Waals surface area contributed by atoms with Crippen molar-refractivity contribution in [2.75, 3.05) is 6.54 Å². The van der Waals surface area contributed by atoms with Crippen LogP contribution in [0.25, 0.3) is 6.08 Å². The maximum atomic E-state index is 11.5. The molecule has 5 nitrogen and oxygen atoms in total. The molecule has 0 aliphatic rings. The van der Waals surface area contributed by atoms with Gasteiger partial charge in [-0.3, -0.25) is 0 Å². The van der Waals surface area contributed by atoms with E-state index in [0.29, 0.717) is 6.54 Å². The van der Waals surface area contributed by atoms with Gasteiger partial charge in [-0.05, 0) is 50.8 Å². The maximum Gasteiger partial charge on any atom is 0.407 e. The highest BCUT2D eigenvalue weighted by Crippen LogP contribution is 2.13. The first-order chi connectivity index (χ1) is 10.3. The van der Waals surface area contributed by atoms with Crippen LogP contribution in [-0.2, 0) is 16.0 Å². The largest absolute Gasteiger partial charge is 0.478 e. The highest BCUT2D eigenvalue weighted by molar-refractivity contribution is 5.85. The van der Waals surface area contributed by atoms with Crippen LogP contribution in [0, 0.1) is 0 Å². The zero-order valence-electron chi connectivity index (χ0n) is 13.3. The molecule has 0 fully saturated rings. The van der Waals surface area contributed by atoms with Crippen molar-refractivity contribution in [3.05, 3.63) is 41.5 Å². The summed E-state index contributed by atoms with van der Waals surface area (Å²) in [5.74, 6) is -0.971. The number of carboxylic acid groups (broad SMARTS) is 1. The number of amides is 1. The highest BCUT2D eigenvalue weighted by atomic mass is 16.6. The number of carbonyl (C=O) groups is 2. The number of benzene rings is 1. The lowest BCUT2D eigenvalue weighted by molar-refractivity contribution is -0.131. The molecular weight excluding hydrogens is 282 g/mol. The molecular formula is C17H23NO4. The van der Waals surface area contributed by atoms with Gasteiger partial charge < -0.3 is 15.2 Å². The Morgan fingerprint density at radius 3 is 2.59 bits per heavy atom. The first-order valence-electron chi connectivity index (χ1n) is 7.24. The van der Waals surface area contributed by atoms with Crippen molar-refractivity contribution < 1.29 is 19.4 Å². The summed E-state index contributed by atoms with van der Waals surface area (Å²) in [6, 6.07) is 7.60. The monoisotopic (exact) mass is 305 g/mol. The molecule has 0 aromatic heterocycles. The molecule has 0 aliphatic heterocycles. The van der Waals surface area contributed by atoms with Crippen molar-refractivity contribution in [1.29, 1.82) is 0 Å². The molecule has 0 aliphatic carbocycles. The van der Waals surface area contributed by atoms with E-state index in [1.54, 1.807) is 6.08 Å². The van der Waals surface area contributed by atoms with Crippen LogP contribution in [0.15, 0.2) is 30.3 Å². The van der Waals surface area contributed by atoms with Crippen molar-refractivity contribution in [2.24, 2.45) is 0 Å². The third kappa shape index (κ3) is 7.47. The van der Waals surface area contributed by atoms with Crippen LogP contribution in [-0.4, -0.2) is 29.3 Å². The minimum atomic E-state index is -0.971. The molecule has 0 heterocycles. The van der Waals surface area contributed by atoms with Gasteiger partial charge in [-0.25, -0.2) is 9.59 Å². The number of alkyl carbamates (subject to hydrolysis) is 1. The minimum Gasteiger partial charge on any atom is -0.478 e. The molecule has 0 spiro atoms. The summed E-state index contributed by atoms with van der Waals surface area (Å²) in [5, 5.41) is 11.4. The summed E-state index contributed by atoms with van der Waals surface area (Å²) in [6.07, 6.45) is 3.77. The van der Waals surface area contributed by atoms with E-state index in [-0.39, 0.29) is 0 Å². The molecule has 5 heteroatoms. The average molecular weight is 305 g/mol. The van der Waals surface area contributed by atoms with Gasteiger partial charge in [0, 0.05) is 12.6 Å². The fourth-order valence-electron chi connectivity index (χ4n) is 1.87. The second-order valence-electron chi connectivity index (χ2n) is 5.90. The Labute approximate surface area is 131 Å². The number of carbonyl (C=O) groups excluding carboxylic acids is 1. The van der Waals surface area contributed by atoms with Crippen molar-refractivity contribution in [3.63, 3.8) is 0 Å². The Kier molecular flexibility index (Phi) is 6.63. The van der Waals surface area contributed by atoms with Crippen LogP contribution < -0.4 is 5.32 Å². The third-order valence-corrected chi connectivity index (χ3v) is 2.75. The maximum absolute atomic E-state index is 11.5. The summed E-state index contributed by atoms with van der Waals surface area (Å²) in [7, 11) is 0. The lowest BCUT2D eigenvalue weighted by Crippen LogP contribution is -2.33. The van der Waals surface area contributed by atoms with Crippen molar-refractivity contribution >= 4 is 18.1 Å². The van der Waals surface area contributed by atoms with Gasteiger partial charge in [-0.1, -0.05) is 24.3 Å². The van der Waals surface area contributed by atoms with Gasteiger partial charge in [-0.15, -0.1) is 0 Å². The molecule has 0 bridgehead atoms. The van der Waals surface area contributed by atoms with Crippen LogP contribution in [0.2, 0.25) is 0 Å². The summed E-state index contributed by atoms with van der Waals surface area (Å²) in [5.41, 5.74) is 1.42. The fraction of sp³-hybridized carbons (Fsp3) is 0.412. The number of aliphatic carboxylic acids is 1. The zero-order chi connectivity index (χ0) is 16.6. The van der Waals surface area contributed by atoms with E-state index in [2.05, 4.69) is 5.32 Å². The Morgan fingerprint density at radius 2 is 1.95 bits per heavy atom. The van der Waals surface area contributed by atoms with E-state index in [4.69, 9.17) is 9.84 Å². The predicted octanol–water partition coefficient (Wildman–Crippen LogP) is 3.24. The van der Waals surface area contributed by atoms with Crippen molar-refractivity contribution in [1.82, 2.24) is 5.32 Å². The first kappa shape index (κ1) is 17.8. The van der Waals surface area contributed by atoms with Gasteiger partial charge in [0.2, 0.25) is 0 Å². The number of nitrogens with one attached hydrogen (secondary N) is 1. The second-order valence-corrected chi connectivity index (χ2v) is 5.90. The van der Waals surface area contributed by atoms with E-state index >= 15 is 0 Å². The molecule has 1 aromatic carbocycles. The molecule has 1 amide bonds. The molecule has 22 heavy (non-hydrogen) atoms. The van der Waals surface area contributed by atoms with Gasteiger partial charge in [0.25, 0.3) is 0 Å². The standard InChI is InChI=1S/C17H23NO4/c1-17(2,3)22-16(21)18-12-6-9-13-7-4-5-8-14(13)10-11-15(19)20/h4-5,7-8,10-11H,6,9,12H2,1-3H3,(H,18,21)(H,19,20). The topological polar surface area (TPSA) is 75.6 Å². The Morgan fingerprint density at radius 1 is 1.27 bits per heavy atom. The van der Waals surface area contributed by atoms with E-state index in [1.807, 2.05) is 45.0 Å². The van der Waals surface area contributed by atoms with Gasteiger partial charge in [0.1, 0.15) is 5.60 Å². The van der Waals surface area contributed by atoms with Crippen molar-refractivity contribution in [3.8, 4) is 0 Å². The predicted molar refractivity (Wildman–Crippen MR) is 85.7 cm³/mol. The fourth-order valence-corrected chi connectivity index (χ4v) is 1.87. The number of aryl methyl sites for hydroxylation is 1. The zero-order valence-corrected chi connectivity index (χ0v) is 13.3. The molecule has 0 atom stereocenters. The van der Waals surface area contributed by atoms with Crippen LogP contribution in [0.3, 0.4) is 0 Å². The van der Waals surface area contributed by atoms with E-state index in [1.165, 1.54) is 0 Å². The molecule has 1 aromatic rings. The summed E-state index contributed by atoms with van der Waals surface area (Å²) in [4.78, 5) is 22.1. The van der Waals surface area contributed by atoms with Crippen molar-refractivity contribution in [2.45, 2.75) is 39.2 Å². The summed E-state index contributed by atoms with van der Waals surface area (Å²) in [6.45, 7) is 5.96. The van der Waals surface area contributed by atoms with E-state index < -0.39 is 17.7 Å². The van der Waals surface area contributed by atoms with E-state index in [9.17, 15) is 9.59 Å². The highest BCUT2D eigenvalue weighted by Gasteiger charge is 2.15. The lowest BCUT2D eigenvalue weighted by Gasteiger charge is -2.19. The normalized spacial score (nSPS) is 11.4. The molecule has 0 radical (unpaired) electrons. The minimum absolute atomic E-state index is 0.424. The second kappa shape index (κ2) is 8.22. The van der Waals surface area contributed by atoms with Crippen LogP contribution in [0.1, 0.15) is 38.3 Å². The first-order valence-corrected chi connectivity index (χ1v) is 7.24. The summed E-state index contributed by atoms with van der Waals surface area (Å²) < 4.78 is 5.15. The Balaban J connectivity index is 2.45. The number of hydrogen-bond acceptors (Lipinski definition) is 3. The average Bonchev–Trinajstić information content (AvgIpc) is 2.40.